The van der Waals surface area contributed by atoms with Crippen LogP contribution in [0.25, 0.3) is 0 Å². The maximum absolute atomic E-state index is 12.8. The molecule has 0 fully saturated rings. The van der Waals surface area contributed by atoms with E-state index in [4.69, 9.17) is 0 Å². The Balaban J connectivity index is 1.58. The molecular formula is C22H17N3O2. The number of amides is 1. The zero-order valence-electron chi connectivity index (χ0n) is 14.6. The summed E-state index contributed by atoms with van der Waals surface area (Å²) in [6, 6.07) is 21.8. The monoisotopic (exact) mass is 355 g/mol. The van der Waals surface area contributed by atoms with Crippen molar-refractivity contribution in [2.24, 2.45) is 0 Å². The van der Waals surface area contributed by atoms with Crippen LogP contribution in [0.15, 0.2) is 66.7 Å². The summed E-state index contributed by atoms with van der Waals surface area (Å²) in [6.07, 6.45) is 0.631. The van der Waals surface area contributed by atoms with E-state index in [-0.39, 0.29) is 17.6 Å². The summed E-state index contributed by atoms with van der Waals surface area (Å²) in [5, 5.41) is 12.0. The normalized spacial score (nSPS) is 15.0. The van der Waals surface area contributed by atoms with Crippen molar-refractivity contribution in [1.29, 1.82) is 5.26 Å². The molecule has 0 unspecified atom stereocenters. The lowest BCUT2D eigenvalue weighted by Crippen LogP contribution is -2.20. The van der Waals surface area contributed by atoms with Crippen LogP contribution >= 0.6 is 0 Å². The Labute approximate surface area is 156 Å². The van der Waals surface area contributed by atoms with Crippen LogP contribution in [0.1, 0.15) is 39.6 Å². The van der Waals surface area contributed by atoms with Crippen LogP contribution in [-0.4, -0.2) is 16.3 Å². The van der Waals surface area contributed by atoms with Gasteiger partial charge in [0.15, 0.2) is 0 Å². The predicted octanol–water partition coefficient (Wildman–Crippen LogP) is 3.72. The molecule has 5 heteroatoms. The van der Waals surface area contributed by atoms with Crippen molar-refractivity contribution >= 4 is 17.4 Å². The van der Waals surface area contributed by atoms with Gasteiger partial charge in [0, 0.05) is 17.8 Å². The van der Waals surface area contributed by atoms with Gasteiger partial charge < -0.3 is 9.88 Å². The molecule has 3 aromatic rings. The number of anilines is 1. The van der Waals surface area contributed by atoms with E-state index < -0.39 is 0 Å². The van der Waals surface area contributed by atoms with Crippen LogP contribution in [0.3, 0.4) is 0 Å². The SMILES string of the molecule is N#Cc1ccccc1NC(=O)[C@@H]1CCn2c(C(=O)c3ccccc3)ccc21. The highest BCUT2D eigenvalue weighted by atomic mass is 16.2. The molecule has 0 saturated carbocycles. The minimum atomic E-state index is -0.339. The quantitative estimate of drug-likeness (QED) is 0.725. The van der Waals surface area contributed by atoms with Crippen molar-refractivity contribution in [2.75, 3.05) is 5.32 Å². The highest BCUT2D eigenvalue weighted by Crippen LogP contribution is 2.32. The molecule has 1 atom stereocenters. The van der Waals surface area contributed by atoms with Crippen molar-refractivity contribution in [2.45, 2.75) is 18.9 Å². The Morgan fingerprint density at radius 1 is 1.00 bits per heavy atom. The topological polar surface area (TPSA) is 74.9 Å². The Bertz CT molecular complexity index is 1060. The Kier molecular flexibility index (Phi) is 4.31. The number of hydrogen-bond acceptors (Lipinski definition) is 3. The molecule has 0 bridgehead atoms. The van der Waals surface area contributed by atoms with Gasteiger partial charge in [-0.1, -0.05) is 42.5 Å². The van der Waals surface area contributed by atoms with Crippen LogP contribution in [0, 0.1) is 11.3 Å². The second kappa shape index (κ2) is 6.93. The predicted molar refractivity (Wildman–Crippen MR) is 101 cm³/mol. The van der Waals surface area contributed by atoms with E-state index in [0.717, 1.165) is 5.69 Å². The fourth-order valence-electron chi connectivity index (χ4n) is 3.55. The molecule has 1 amide bonds. The van der Waals surface area contributed by atoms with Crippen molar-refractivity contribution in [3.8, 4) is 6.07 Å². The van der Waals surface area contributed by atoms with Crippen LogP contribution in [-0.2, 0) is 11.3 Å². The van der Waals surface area contributed by atoms with Gasteiger partial charge in [0.2, 0.25) is 11.7 Å². The summed E-state index contributed by atoms with van der Waals surface area (Å²) >= 11 is 0. The first-order valence-corrected chi connectivity index (χ1v) is 8.78. The van der Waals surface area contributed by atoms with Crippen LogP contribution in [0.4, 0.5) is 5.69 Å². The first-order chi connectivity index (χ1) is 13.2. The van der Waals surface area contributed by atoms with Crippen molar-refractivity contribution in [1.82, 2.24) is 4.57 Å². The molecule has 5 nitrogen and oxygen atoms in total. The van der Waals surface area contributed by atoms with Gasteiger partial charge in [-0.05, 0) is 30.7 Å². The summed E-state index contributed by atoms with van der Waals surface area (Å²) in [4.78, 5) is 25.5. The smallest absolute Gasteiger partial charge is 0.233 e. The third kappa shape index (κ3) is 3.02. The molecule has 132 valence electrons. The van der Waals surface area contributed by atoms with Gasteiger partial charge in [-0.2, -0.15) is 5.26 Å². The average molecular weight is 355 g/mol. The largest absolute Gasteiger partial charge is 0.341 e. The van der Waals surface area contributed by atoms with Crippen molar-refractivity contribution < 1.29 is 9.59 Å². The molecule has 0 aliphatic carbocycles. The van der Waals surface area contributed by atoms with Gasteiger partial charge in [0.05, 0.1) is 22.9 Å². The second-order valence-electron chi connectivity index (χ2n) is 6.48. The molecule has 1 aliphatic heterocycles. The van der Waals surface area contributed by atoms with E-state index in [2.05, 4.69) is 11.4 Å². The summed E-state index contributed by atoms with van der Waals surface area (Å²) in [6.45, 7) is 0.619. The van der Waals surface area contributed by atoms with E-state index >= 15 is 0 Å². The lowest BCUT2D eigenvalue weighted by molar-refractivity contribution is -0.117. The lowest BCUT2D eigenvalue weighted by Gasteiger charge is -2.11. The molecule has 1 N–H and O–H groups in total. The van der Waals surface area contributed by atoms with Gasteiger partial charge in [-0.25, -0.2) is 0 Å². The average Bonchev–Trinajstić information content (AvgIpc) is 3.30. The number of hydrogen-bond donors (Lipinski definition) is 1. The van der Waals surface area contributed by atoms with E-state index in [1.807, 2.05) is 28.8 Å². The van der Waals surface area contributed by atoms with Crippen molar-refractivity contribution in [3.63, 3.8) is 0 Å². The zero-order valence-corrected chi connectivity index (χ0v) is 14.6. The van der Waals surface area contributed by atoms with Crippen LogP contribution in [0.2, 0.25) is 0 Å². The molecule has 2 heterocycles. The maximum Gasteiger partial charge on any atom is 0.233 e. The fraction of sp³-hybridized carbons (Fsp3) is 0.136. The highest BCUT2D eigenvalue weighted by Gasteiger charge is 2.32. The molecular weight excluding hydrogens is 338 g/mol. The van der Waals surface area contributed by atoms with Crippen molar-refractivity contribution in [3.05, 3.63) is 89.2 Å². The Hall–Kier alpha value is -3.65. The molecule has 27 heavy (non-hydrogen) atoms. The molecule has 0 spiro atoms. The third-order valence-electron chi connectivity index (χ3n) is 4.90. The molecule has 2 aromatic carbocycles. The van der Waals surface area contributed by atoms with E-state index in [0.29, 0.717) is 35.5 Å². The number of nitrogens with zero attached hydrogens (tertiary/aromatic N) is 2. The fourth-order valence-corrected chi connectivity index (χ4v) is 3.55. The Morgan fingerprint density at radius 2 is 1.74 bits per heavy atom. The summed E-state index contributed by atoms with van der Waals surface area (Å²) < 4.78 is 1.93. The maximum atomic E-state index is 12.8. The molecule has 4 rings (SSSR count). The van der Waals surface area contributed by atoms with E-state index in [9.17, 15) is 14.9 Å². The minimum absolute atomic E-state index is 0.0438. The molecule has 1 aliphatic rings. The van der Waals surface area contributed by atoms with E-state index in [1.54, 1.807) is 42.5 Å². The minimum Gasteiger partial charge on any atom is -0.341 e. The number of fused-ring (bicyclic) bond motifs is 1. The number of aromatic nitrogens is 1. The number of carbonyl (C=O) groups is 2. The van der Waals surface area contributed by atoms with Crippen LogP contribution < -0.4 is 5.32 Å². The molecule has 1 aromatic heterocycles. The number of benzene rings is 2. The molecule has 0 radical (unpaired) electrons. The van der Waals surface area contributed by atoms with Gasteiger partial charge in [0.1, 0.15) is 6.07 Å². The van der Waals surface area contributed by atoms with Gasteiger partial charge in [0.25, 0.3) is 0 Å². The van der Waals surface area contributed by atoms with Gasteiger partial charge >= 0.3 is 0 Å². The second-order valence-corrected chi connectivity index (χ2v) is 6.48. The first-order valence-electron chi connectivity index (χ1n) is 8.78. The number of carbonyl (C=O) groups excluding carboxylic acids is 2. The highest BCUT2D eigenvalue weighted by molar-refractivity contribution is 6.08. The number of nitrogens with one attached hydrogen (secondary N) is 1. The number of para-hydroxylation sites is 1. The van der Waals surface area contributed by atoms with Gasteiger partial charge in [-0.15, -0.1) is 0 Å². The number of ketones is 1. The molecule has 0 saturated heterocycles. The van der Waals surface area contributed by atoms with Crippen LogP contribution in [0.5, 0.6) is 0 Å². The van der Waals surface area contributed by atoms with Gasteiger partial charge in [-0.3, -0.25) is 9.59 Å². The zero-order chi connectivity index (χ0) is 18.8. The Morgan fingerprint density at radius 3 is 2.52 bits per heavy atom. The summed E-state index contributed by atoms with van der Waals surface area (Å²) in [5.41, 5.74) is 3.01. The summed E-state index contributed by atoms with van der Waals surface area (Å²) in [5.74, 6) is -0.542. The first kappa shape index (κ1) is 16.8. The van der Waals surface area contributed by atoms with E-state index in [1.165, 1.54) is 0 Å². The number of rotatable bonds is 4. The summed E-state index contributed by atoms with van der Waals surface area (Å²) in [7, 11) is 0. The standard InChI is InChI=1S/C22H17N3O2/c23-14-16-8-4-5-9-18(16)24-22(27)17-12-13-25-19(17)10-11-20(25)21(26)15-6-2-1-3-7-15/h1-11,17H,12-13H2,(H,24,27)/t17-/m1/s1. The third-order valence-corrected chi connectivity index (χ3v) is 4.90. The number of nitriles is 1. The lowest BCUT2D eigenvalue weighted by atomic mass is 10.0.